The molecule has 7 nitrogen and oxygen atoms in total. The number of hydrogen-bond donors (Lipinski definition) is 1. The van der Waals surface area contributed by atoms with Crippen molar-refractivity contribution in [2.24, 2.45) is 5.16 Å². The molecule has 1 N–H and O–H groups in total. The van der Waals surface area contributed by atoms with Gasteiger partial charge in [0.2, 0.25) is 0 Å². The maximum atomic E-state index is 12.0. The summed E-state index contributed by atoms with van der Waals surface area (Å²) in [7, 11) is 1.23. The van der Waals surface area contributed by atoms with Crippen LogP contribution >= 0.6 is 18.5 Å². The predicted octanol–water partition coefficient (Wildman–Crippen LogP) is 2.42. The van der Waals surface area contributed by atoms with Crippen molar-refractivity contribution >= 4 is 30.5 Å². The standard InChI is InChI=1S/C10H20N3O4PS/c1-5-7-13(6-2)18(15)19-8-9(12-16-4)17-10(14)11-3/h5-8H2,1-4H3/p+1. The van der Waals surface area contributed by atoms with Gasteiger partial charge < -0.3 is 14.9 Å². The molecule has 0 aromatic rings. The van der Waals surface area contributed by atoms with E-state index in [1.165, 1.54) is 25.5 Å². The van der Waals surface area contributed by atoms with Gasteiger partial charge in [-0.2, -0.15) is 0 Å². The highest BCUT2D eigenvalue weighted by Gasteiger charge is 2.28. The highest BCUT2D eigenvalue weighted by Crippen LogP contribution is 2.41. The highest BCUT2D eigenvalue weighted by molar-refractivity contribution is 8.51. The molecule has 1 atom stereocenters. The minimum absolute atomic E-state index is 0.0859. The number of nitrogens with one attached hydrogen (secondary N) is 1. The third kappa shape index (κ3) is 8.02. The maximum absolute atomic E-state index is 12.0. The molecule has 0 bridgehead atoms. The molecule has 0 aromatic heterocycles. The lowest BCUT2D eigenvalue weighted by Crippen LogP contribution is -2.24. The summed E-state index contributed by atoms with van der Waals surface area (Å²) >= 11 is 1.17. The van der Waals surface area contributed by atoms with E-state index in [9.17, 15) is 9.36 Å². The minimum atomic E-state index is -1.57. The summed E-state index contributed by atoms with van der Waals surface area (Å²) < 4.78 is 18.7. The Balaban J connectivity index is 4.35. The van der Waals surface area contributed by atoms with Crippen LogP contribution in [-0.4, -0.2) is 49.7 Å². The number of alkyl carbamates (subject to hydrolysis) is 1. The van der Waals surface area contributed by atoms with E-state index in [-0.39, 0.29) is 11.7 Å². The van der Waals surface area contributed by atoms with Gasteiger partial charge >= 0.3 is 13.2 Å². The summed E-state index contributed by atoms with van der Waals surface area (Å²) in [5, 5.41) is 5.89. The molecule has 0 aromatic carbocycles. The Labute approximate surface area is 118 Å². The van der Waals surface area contributed by atoms with Gasteiger partial charge in [0.1, 0.15) is 12.9 Å². The summed E-state index contributed by atoms with van der Waals surface area (Å²) in [4.78, 5) is 15.6. The van der Waals surface area contributed by atoms with Gasteiger partial charge in [-0.3, -0.25) is 0 Å². The van der Waals surface area contributed by atoms with Gasteiger partial charge in [-0.05, 0) is 17.9 Å². The molecule has 110 valence electrons. The molecule has 19 heavy (non-hydrogen) atoms. The molecule has 0 radical (unpaired) electrons. The van der Waals surface area contributed by atoms with Crippen LogP contribution in [-0.2, 0) is 14.1 Å². The molecule has 1 unspecified atom stereocenters. The molecule has 0 heterocycles. The summed E-state index contributed by atoms with van der Waals surface area (Å²) in [6.45, 7) is 5.46. The molecule has 1 amide bonds. The second kappa shape index (κ2) is 11.0. The fraction of sp³-hybridized carbons (Fsp3) is 0.800. The Morgan fingerprint density at radius 1 is 1.47 bits per heavy atom. The van der Waals surface area contributed by atoms with E-state index in [1.54, 1.807) is 0 Å². The zero-order chi connectivity index (χ0) is 14.7. The van der Waals surface area contributed by atoms with Crippen LogP contribution in [0.3, 0.4) is 0 Å². The van der Waals surface area contributed by atoms with Crippen LogP contribution in [0.5, 0.6) is 0 Å². The molecular weight excluding hydrogens is 289 g/mol. The van der Waals surface area contributed by atoms with E-state index >= 15 is 0 Å². The van der Waals surface area contributed by atoms with Crippen molar-refractivity contribution in [3.63, 3.8) is 0 Å². The van der Waals surface area contributed by atoms with Gasteiger partial charge in [0.25, 0.3) is 5.90 Å². The van der Waals surface area contributed by atoms with E-state index in [2.05, 4.69) is 15.3 Å². The van der Waals surface area contributed by atoms with Gasteiger partial charge in [0, 0.05) is 20.1 Å². The second-order valence-corrected chi connectivity index (χ2v) is 6.66. The number of carbonyl (C=O) groups is 1. The van der Waals surface area contributed by atoms with E-state index in [1.807, 2.05) is 18.5 Å². The number of nitrogens with zero attached hydrogens (tertiary/aromatic N) is 2. The fourth-order valence-corrected chi connectivity index (χ4v) is 3.97. The van der Waals surface area contributed by atoms with E-state index in [0.717, 1.165) is 13.0 Å². The second-order valence-electron chi connectivity index (χ2n) is 3.36. The number of hydrogen-bond acceptors (Lipinski definition) is 6. The lowest BCUT2D eigenvalue weighted by Gasteiger charge is -2.06. The zero-order valence-corrected chi connectivity index (χ0v) is 13.4. The molecule has 0 spiro atoms. The number of amides is 1. The molecule has 0 saturated heterocycles. The lowest BCUT2D eigenvalue weighted by molar-refractivity contribution is 0.180. The summed E-state index contributed by atoms with van der Waals surface area (Å²) in [6.07, 6.45) is 0.302. The molecule has 0 fully saturated rings. The first-order chi connectivity index (χ1) is 9.08. The molecule has 0 rings (SSSR count). The van der Waals surface area contributed by atoms with Crippen LogP contribution in [0, 0.1) is 0 Å². The molecule has 0 saturated carbocycles. The van der Waals surface area contributed by atoms with Crippen molar-refractivity contribution in [1.29, 1.82) is 0 Å². The van der Waals surface area contributed by atoms with E-state index in [0.29, 0.717) is 6.54 Å². The molecule has 9 heteroatoms. The average molecular weight is 310 g/mol. The summed E-state index contributed by atoms with van der Waals surface area (Å²) in [6, 6.07) is 0. The van der Waals surface area contributed by atoms with Gasteiger partial charge in [-0.15, -0.1) is 0 Å². The van der Waals surface area contributed by atoms with Crippen LogP contribution in [0.2, 0.25) is 0 Å². The first-order valence-corrected chi connectivity index (χ1v) is 8.73. The van der Waals surface area contributed by atoms with Crippen molar-refractivity contribution in [3.05, 3.63) is 0 Å². The minimum Gasteiger partial charge on any atom is -0.396 e. The van der Waals surface area contributed by atoms with Crippen LogP contribution in [0.25, 0.3) is 0 Å². The van der Waals surface area contributed by atoms with Crippen LogP contribution < -0.4 is 5.32 Å². The number of rotatable bonds is 8. The predicted molar refractivity (Wildman–Crippen MR) is 77.6 cm³/mol. The highest BCUT2D eigenvalue weighted by atomic mass is 32.7. The van der Waals surface area contributed by atoms with E-state index < -0.39 is 13.2 Å². The zero-order valence-electron chi connectivity index (χ0n) is 11.7. The molecule has 0 aliphatic carbocycles. The third-order valence-electron chi connectivity index (χ3n) is 1.98. The maximum Gasteiger partial charge on any atom is 0.510 e. The quantitative estimate of drug-likeness (QED) is 0.321. The molecule has 0 aliphatic rings. The van der Waals surface area contributed by atoms with Gasteiger partial charge in [0.05, 0.1) is 0 Å². The smallest absolute Gasteiger partial charge is 0.396 e. The van der Waals surface area contributed by atoms with E-state index in [4.69, 9.17) is 4.74 Å². The fourth-order valence-electron chi connectivity index (χ4n) is 1.14. The van der Waals surface area contributed by atoms with Crippen molar-refractivity contribution in [2.75, 3.05) is 33.0 Å². The Kier molecular flexibility index (Phi) is 10.5. The summed E-state index contributed by atoms with van der Waals surface area (Å²) in [5.74, 6) is 0.291. The Morgan fingerprint density at radius 2 is 2.16 bits per heavy atom. The number of ether oxygens (including phenoxy) is 1. The number of carbonyl (C=O) groups excluding carboxylic acids is 1. The summed E-state index contributed by atoms with van der Waals surface area (Å²) in [5.41, 5.74) is 0. The van der Waals surface area contributed by atoms with Crippen LogP contribution in [0.15, 0.2) is 5.16 Å². The average Bonchev–Trinajstić information content (AvgIpc) is 2.41. The van der Waals surface area contributed by atoms with Gasteiger partial charge in [0.15, 0.2) is 11.4 Å². The normalized spacial score (nSPS) is 12.3. The SMILES string of the molecule is CCCN(CC)[P+](=O)SCC(=NOC)OC(=O)NC. The topological polar surface area (TPSA) is 80.2 Å². The monoisotopic (exact) mass is 310 g/mol. The third-order valence-corrected chi connectivity index (χ3v) is 5.27. The molecule has 0 aliphatic heterocycles. The Bertz CT molecular complexity index is 328. The molecular formula is C10H21N3O4PS+. The number of oxime groups is 1. The van der Waals surface area contributed by atoms with Crippen LogP contribution in [0.4, 0.5) is 4.79 Å². The van der Waals surface area contributed by atoms with Crippen molar-refractivity contribution in [2.45, 2.75) is 20.3 Å². The van der Waals surface area contributed by atoms with Crippen molar-refractivity contribution in [1.82, 2.24) is 9.99 Å². The van der Waals surface area contributed by atoms with Crippen molar-refractivity contribution < 1.29 is 18.9 Å². The Morgan fingerprint density at radius 3 is 2.63 bits per heavy atom. The van der Waals surface area contributed by atoms with Gasteiger partial charge in [-0.25, -0.2) is 4.79 Å². The largest absolute Gasteiger partial charge is 0.510 e. The Hall–Kier alpha value is -0.850. The first-order valence-electron chi connectivity index (χ1n) is 5.93. The van der Waals surface area contributed by atoms with Crippen LogP contribution in [0.1, 0.15) is 20.3 Å². The lowest BCUT2D eigenvalue weighted by atomic mass is 10.5. The van der Waals surface area contributed by atoms with Gasteiger partial charge in [-0.1, -0.05) is 16.7 Å². The first kappa shape index (κ1) is 18.1. The van der Waals surface area contributed by atoms with Crippen molar-refractivity contribution in [3.8, 4) is 0 Å².